The Morgan fingerprint density at radius 3 is 2.09 bits per heavy atom. The van der Waals surface area contributed by atoms with Crippen LogP contribution in [-0.4, -0.2) is 22.6 Å². The highest BCUT2D eigenvalue weighted by Crippen LogP contribution is 2.22. The predicted molar refractivity (Wildman–Crippen MR) is 84.0 cm³/mol. The van der Waals surface area contributed by atoms with Gasteiger partial charge in [-0.1, -0.05) is 24.3 Å². The average Bonchev–Trinajstić information content (AvgIpc) is 2.46. The fourth-order valence-corrected chi connectivity index (χ4v) is 1.97. The van der Waals surface area contributed by atoms with Crippen LogP contribution in [0.15, 0.2) is 48.5 Å². The molecule has 0 amide bonds. The Balaban J connectivity index is 2.24. The smallest absolute Gasteiger partial charge is 0.338 e. The van der Waals surface area contributed by atoms with Gasteiger partial charge in [0.15, 0.2) is 0 Å². The molecule has 114 valence electrons. The van der Waals surface area contributed by atoms with Crippen molar-refractivity contribution >= 4 is 11.9 Å². The summed E-state index contributed by atoms with van der Waals surface area (Å²) in [5, 5.41) is 9.02. The molecule has 0 fully saturated rings. The van der Waals surface area contributed by atoms with Gasteiger partial charge in [0.1, 0.15) is 5.60 Å². The van der Waals surface area contributed by atoms with Crippen molar-refractivity contribution in [1.82, 2.24) is 0 Å². The quantitative estimate of drug-likeness (QED) is 0.870. The van der Waals surface area contributed by atoms with Gasteiger partial charge in [-0.05, 0) is 56.2 Å². The molecule has 4 heteroatoms. The van der Waals surface area contributed by atoms with E-state index in [1.165, 1.54) is 0 Å². The molecule has 0 aliphatic carbocycles. The molecule has 0 radical (unpaired) electrons. The summed E-state index contributed by atoms with van der Waals surface area (Å²) >= 11 is 0. The molecule has 0 unspecified atom stereocenters. The second-order valence-corrected chi connectivity index (χ2v) is 5.97. The highest BCUT2D eigenvalue weighted by Gasteiger charge is 2.17. The van der Waals surface area contributed by atoms with Crippen molar-refractivity contribution in [2.24, 2.45) is 0 Å². The first-order valence-corrected chi connectivity index (χ1v) is 6.93. The third-order valence-electron chi connectivity index (χ3n) is 2.96. The average molecular weight is 298 g/mol. The van der Waals surface area contributed by atoms with Gasteiger partial charge in [-0.25, -0.2) is 9.59 Å². The molecule has 22 heavy (non-hydrogen) atoms. The standard InChI is InChI=1S/C18H18O4/c1-18(2,3)22-17(21)13-9-7-12(8-10-13)14-5-4-6-15(11-14)16(19)20/h4-11H,1-3H3,(H,19,20). The van der Waals surface area contributed by atoms with Crippen molar-refractivity contribution in [3.63, 3.8) is 0 Å². The van der Waals surface area contributed by atoms with Gasteiger partial charge in [0.25, 0.3) is 0 Å². The highest BCUT2D eigenvalue weighted by molar-refractivity contribution is 5.91. The lowest BCUT2D eigenvalue weighted by Gasteiger charge is -2.19. The fraction of sp³-hybridized carbons (Fsp3) is 0.222. The first kappa shape index (κ1) is 15.8. The molecule has 0 aliphatic rings. The van der Waals surface area contributed by atoms with Gasteiger partial charge in [0, 0.05) is 0 Å². The van der Waals surface area contributed by atoms with Crippen LogP contribution >= 0.6 is 0 Å². The van der Waals surface area contributed by atoms with Gasteiger partial charge in [0.05, 0.1) is 11.1 Å². The summed E-state index contributed by atoms with van der Waals surface area (Å²) in [5.41, 5.74) is 1.79. The highest BCUT2D eigenvalue weighted by atomic mass is 16.6. The van der Waals surface area contributed by atoms with E-state index in [1.54, 1.807) is 42.5 Å². The Bertz CT molecular complexity index is 694. The summed E-state index contributed by atoms with van der Waals surface area (Å²) < 4.78 is 5.30. The number of rotatable bonds is 3. The van der Waals surface area contributed by atoms with E-state index in [0.29, 0.717) is 5.56 Å². The summed E-state index contributed by atoms with van der Waals surface area (Å²) in [6, 6.07) is 13.6. The fourth-order valence-electron chi connectivity index (χ4n) is 1.97. The summed E-state index contributed by atoms with van der Waals surface area (Å²) in [7, 11) is 0. The van der Waals surface area contributed by atoms with Crippen LogP contribution < -0.4 is 0 Å². The number of hydrogen-bond donors (Lipinski definition) is 1. The topological polar surface area (TPSA) is 63.6 Å². The van der Waals surface area contributed by atoms with E-state index >= 15 is 0 Å². The van der Waals surface area contributed by atoms with Crippen LogP contribution in [0.3, 0.4) is 0 Å². The summed E-state index contributed by atoms with van der Waals surface area (Å²) in [6.45, 7) is 5.45. The Hall–Kier alpha value is -2.62. The molecule has 0 bridgehead atoms. The molecule has 0 saturated heterocycles. The molecule has 0 heterocycles. The summed E-state index contributed by atoms with van der Waals surface area (Å²) in [6.07, 6.45) is 0. The van der Waals surface area contributed by atoms with Gasteiger partial charge >= 0.3 is 11.9 Å². The van der Waals surface area contributed by atoms with Crippen LogP contribution in [0.2, 0.25) is 0 Å². The number of benzene rings is 2. The molecule has 0 spiro atoms. The van der Waals surface area contributed by atoms with E-state index in [1.807, 2.05) is 26.8 Å². The first-order valence-electron chi connectivity index (χ1n) is 6.93. The second kappa shape index (κ2) is 6.02. The molecule has 4 nitrogen and oxygen atoms in total. The number of hydrogen-bond acceptors (Lipinski definition) is 3. The van der Waals surface area contributed by atoms with E-state index in [9.17, 15) is 9.59 Å². The van der Waals surface area contributed by atoms with Gasteiger partial charge in [-0.2, -0.15) is 0 Å². The zero-order chi connectivity index (χ0) is 16.3. The molecule has 0 aromatic heterocycles. The van der Waals surface area contributed by atoms with E-state index in [4.69, 9.17) is 9.84 Å². The van der Waals surface area contributed by atoms with E-state index in [0.717, 1.165) is 11.1 Å². The monoisotopic (exact) mass is 298 g/mol. The minimum atomic E-state index is -0.966. The second-order valence-electron chi connectivity index (χ2n) is 5.97. The molecule has 0 atom stereocenters. The maximum atomic E-state index is 12.0. The Morgan fingerprint density at radius 2 is 1.55 bits per heavy atom. The minimum Gasteiger partial charge on any atom is -0.478 e. The lowest BCUT2D eigenvalue weighted by Crippen LogP contribution is -2.23. The lowest BCUT2D eigenvalue weighted by molar-refractivity contribution is 0.00693. The third kappa shape index (κ3) is 3.95. The Morgan fingerprint density at radius 1 is 0.909 bits per heavy atom. The van der Waals surface area contributed by atoms with Gasteiger partial charge in [-0.3, -0.25) is 0 Å². The number of carbonyl (C=O) groups excluding carboxylic acids is 1. The van der Waals surface area contributed by atoms with E-state index < -0.39 is 11.6 Å². The zero-order valence-electron chi connectivity index (χ0n) is 12.8. The van der Waals surface area contributed by atoms with Crippen LogP contribution in [-0.2, 0) is 4.74 Å². The predicted octanol–water partition coefficient (Wildman–Crippen LogP) is 4.01. The Kier molecular flexibility index (Phi) is 4.31. The molecule has 2 aromatic carbocycles. The normalized spacial score (nSPS) is 11.0. The maximum absolute atomic E-state index is 12.0. The minimum absolute atomic E-state index is 0.230. The number of ether oxygens (including phenoxy) is 1. The summed E-state index contributed by atoms with van der Waals surface area (Å²) in [5.74, 6) is -1.34. The summed E-state index contributed by atoms with van der Waals surface area (Å²) in [4.78, 5) is 23.0. The van der Waals surface area contributed by atoms with Crippen LogP contribution in [0, 0.1) is 0 Å². The Labute approximate surface area is 129 Å². The van der Waals surface area contributed by atoms with Crippen LogP contribution in [0.1, 0.15) is 41.5 Å². The number of aromatic carboxylic acids is 1. The van der Waals surface area contributed by atoms with Crippen LogP contribution in [0.25, 0.3) is 11.1 Å². The van der Waals surface area contributed by atoms with Crippen LogP contribution in [0.4, 0.5) is 0 Å². The van der Waals surface area contributed by atoms with Gasteiger partial charge in [-0.15, -0.1) is 0 Å². The van der Waals surface area contributed by atoms with E-state index in [-0.39, 0.29) is 11.5 Å². The molecule has 0 aliphatic heterocycles. The molecule has 2 rings (SSSR count). The van der Waals surface area contributed by atoms with Crippen molar-refractivity contribution in [3.8, 4) is 11.1 Å². The third-order valence-corrected chi connectivity index (χ3v) is 2.96. The van der Waals surface area contributed by atoms with Crippen molar-refractivity contribution in [3.05, 3.63) is 59.7 Å². The molecular formula is C18H18O4. The zero-order valence-corrected chi connectivity index (χ0v) is 12.8. The van der Waals surface area contributed by atoms with Crippen molar-refractivity contribution in [2.45, 2.75) is 26.4 Å². The van der Waals surface area contributed by atoms with E-state index in [2.05, 4.69) is 0 Å². The molecule has 2 aromatic rings. The largest absolute Gasteiger partial charge is 0.478 e. The molecular weight excluding hydrogens is 280 g/mol. The van der Waals surface area contributed by atoms with Crippen molar-refractivity contribution in [2.75, 3.05) is 0 Å². The lowest BCUT2D eigenvalue weighted by atomic mass is 10.0. The van der Waals surface area contributed by atoms with Crippen LogP contribution in [0.5, 0.6) is 0 Å². The van der Waals surface area contributed by atoms with Crippen molar-refractivity contribution in [1.29, 1.82) is 0 Å². The number of carboxylic acid groups (broad SMARTS) is 1. The number of esters is 1. The molecule has 0 saturated carbocycles. The number of carboxylic acids is 1. The SMILES string of the molecule is CC(C)(C)OC(=O)c1ccc(-c2cccc(C(=O)O)c2)cc1. The van der Waals surface area contributed by atoms with Crippen molar-refractivity contribution < 1.29 is 19.4 Å². The van der Waals surface area contributed by atoms with Gasteiger partial charge < -0.3 is 9.84 Å². The maximum Gasteiger partial charge on any atom is 0.338 e. The first-order chi connectivity index (χ1) is 10.3. The number of carbonyl (C=O) groups is 2. The van der Waals surface area contributed by atoms with Gasteiger partial charge in [0.2, 0.25) is 0 Å². The molecule has 1 N–H and O–H groups in total.